The lowest BCUT2D eigenvalue weighted by molar-refractivity contribution is 0.439. The van der Waals surface area contributed by atoms with Gasteiger partial charge in [-0.1, -0.05) is 0 Å². The van der Waals surface area contributed by atoms with E-state index in [9.17, 15) is 22.0 Å². The topological polar surface area (TPSA) is 103 Å². The Morgan fingerprint density at radius 2 is 1.85 bits per heavy atom. The van der Waals surface area contributed by atoms with E-state index >= 15 is 0 Å². The second kappa shape index (κ2) is 8.32. The fraction of sp³-hybridized carbons (Fsp3) is 0.182. The second-order valence-corrected chi connectivity index (χ2v) is 9.27. The Morgan fingerprint density at radius 1 is 1.12 bits per heavy atom. The number of ether oxygens (including phenoxy) is 1. The van der Waals surface area contributed by atoms with Crippen molar-refractivity contribution in [3.63, 3.8) is 0 Å². The molecule has 33 heavy (non-hydrogen) atoms. The van der Waals surface area contributed by atoms with Crippen LogP contribution in [-0.2, 0) is 17.1 Å². The molecule has 11 heteroatoms. The summed E-state index contributed by atoms with van der Waals surface area (Å²) in [6.45, 7) is 3.08. The Morgan fingerprint density at radius 3 is 2.55 bits per heavy atom. The SMILES string of the molecule is CCS(=O)(=O)Nc1ccc(Oc2ccc(F)cc2F)c(-c2cn(C)c(=O)c3oc(C)nc23)c1. The second-order valence-electron chi connectivity index (χ2n) is 7.26. The summed E-state index contributed by atoms with van der Waals surface area (Å²) in [5, 5.41) is 0. The number of aryl methyl sites for hydroxylation is 2. The summed E-state index contributed by atoms with van der Waals surface area (Å²) in [6, 6.07) is 7.24. The summed E-state index contributed by atoms with van der Waals surface area (Å²) >= 11 is 0. The van der Waals surface area contributed by atoms with E-state index in [1.54, 1.807) is 6.92 Å². The first-order chi connectivity index (χ1) is 15.6. The van der Waals surface area contributed by atoms with E-state index in [2.05, 4.69) is 9.71 Å². The maximum Gasteiger partial charge on any atom is 0.295 e. The van der Waals surface area contributed by atoms with Crippen LogP contribution in [0.5, 0.6) is 11.5 Å². The third-order valence-electron chi connectivity index (χ3n) is 4.86. The number of nitrogens with one attached hydrogen (secondary N) is 1. The molecule has 0 atom stereocenters. The van der Waals surface area contributed by atoms with Gasteiger partial charge in [0.2, 0.25) is 15.6 Å². The molecule has 2 aromatic carbocycles. The largest absolute Gasteiger partial charge is 0.454 e. The summed E-state index contributed by atoms with van der Waals surface area (Å²) in [4.78, 5) is 16.8. The molecule has 0 aliphatic heterocycles. The first-order valence-electron chi connectivity index (χ1n) is 9.82. The number of aromatic nitrogens is 2. The molecule has 0 aliphatic carbocycles. The molecule has 0 radical (unpaired) electrons. The average Bonchev–Trinajstić information content (AvgIpc) is 3.15. The van der Waals surface area contributed by atoms with Crippen molar-refractivity contribution >= 4 is 26.8 Å². The van der Waals surface area contributed by atoms with E-state index in [0.29, 0.717) is 17.2 Å². The molecular formula is C22H19F2N3O5S. The zero-order valence-electron chi connectivity index (χ0n) is 17.8. The number of halogens is 2. The first-order valence-corrected chi connectivity index (χ1v) is 11.5. The Labute approximate surface area is 187 Å². The number of anilines is 1. The number of sulfonamides is 1. The van der Waals surface area contributed by atoms with E-state index in [-0.39, 0.29) is 39.9 Å². The Bertz CT molecular complexity index is 1540. The number of oxazole rings is 1. The number of rotatable bonds is 6. The van der Waals surface area contributed by atoms with Gasteiger partial charge in [-0.3, -0.25) is 9.52 Å². The van der Waals surface area contributed by atoms with Crippen molar-refractivity contribution in [3.8, 4) is 22.6 Å². The molecule has 8 nitrogen and oxygen atoms in total. The van der Waals surface area contributed by atoms with Crippen LogP contribution in [-0.4, -0.2) is 23.7 Å². The van der Waals surface area contributed by atoms with Crippen LogP contribution in [0.4, 0.5) is 14.5 Å². The molecule has 0 fully saturated rings. The summed E-state index contributed by atoms with van der Waals surface area (Å²) in [6.07, 6.45) is 1.49. The van der Waals surface area contributed by atoms with Crippen molar-refractivity contribution in [2.45, 2.75) is 13.8 Å². The highest BCUT2D eigenvalue weighted by Gasteiger charge is 2.20. The molecule has 0 spiro atoms. The fourth-order valence-corrected chi connectivity index (χ4v) is 3.88. The van der Waals surface area contributed by atoms with Crippen molar-refractivity contribution in [2.24, 2.45) is 7.05 Å². The van der Waals surface area contributed by atoms with Crippen LogP contribution in [0.2, 0.25) is 0 Å². The fourth-order valence-electron chi connectivity index (χ4n) is 3.25. The molecule has 0 unspecified atom stereocenters. The van der Waals surface area contributed by atoms with E-state index in [1.807, 2.05) is 0 Å². The summed E-state index contributed by atoms with van der Waals surface area (Å²) in [7, 11) is -2.07. The number of hydrogen-bond donors (Lipinski definition) is 1. The number of pyridine rings is 1. The molecule has 0 saturated heterocycles. The van der Waals surface area contributed by atoms with Gasteiger partial charge in [-0.25, -0.2) is 22.2 Å². The minimum absolute atomic E-state index is 0.00551. The molecule has 4 rings (SSSR count). The van der Waals surface area contributed by atoms with Gasteiger partial charge >= 0.3 is 0 Å². The molecule has 2 aromatic heterocycles. The number of fused-ring (bicyclic) bond motifs is 1. The van der Waals surface area contributed by atoms with Crippen LogP contribution in [0, 0.1) is 18.6 Å². The summed E-state index contributed by atoms with van der Waals surface area (Å²) in [5.74, 6) is -1.68. The van der Waals surface area contributed by atoms with Crippen LogP contribution >= 0.6 is 0 Å². The van der Waals surface area contributed by atoms with Crippen molar-refractivity contribution in [1.82, 2.24) is 9.55 Å². The van der Waals surface area contributed by atoms with Gasteiger partial charge in [0.15, 0.2) is 17.5 Å². The van der Waals surface area contributed by atoms with Gasteiger partial charge < -0.3 is 13.7 Å². The number of hydrogen-bond acceptors (Lipinski definition) is 6. The third kappa shape index (κ3) is 4.44. The molecule has 0 saturated carbocycles. The quantitative estimate of drug-likeness (QED) is 0.445. The molecule has 1 N–H and O–H groups in total. The first kappa shape index (κ1) is 22.5. The molecular weight excluding hydrogens is 456 g/mol. The highest BCUT2D eigenvalue weighted by Crippen LogP contribution is 2.39. The highest BCUT2D eigenvalue weighted by molar-refractivity contribution is 7.92. The van der Waals surface area contributed by atoms with Gasteiger partial charge in [0, 0.05) is 43.0 Å². The average molecular weight is 475 g/mol. The predicted molar refractivity (Wildman–Crippen MR) is 119 cm³/mol. The number of nitrogens with zero attached hydrogens (tertiary/aromatic N) is 2. The molecule has 0 amide bonds. The monoisotopic (exact) mass is 475 g/mol. The minimum Gasteiger partial charge on any atom is -0.454 e. The maximum atomic E-state index is 14.3. The Balaban J connectivity index is 1.95. The Kier molecular flexibility index (Phi) is 5.66. The highest BCUT2D eigenvalue weighted by atomic mass is 32.2. The molecule has 0 aliphatic rings. The molecule has 172 valence electrons. The lowest BCUT2D eigenvalue weighted by atomic mass is 10.0. The van der Waals surface area contributed by atoms with E-state index in [0.717, 1.165) is 12.1 Å². The van der Waals surface area contributed by atoms with E-state index in [1.165, 1.54) is 42.9 Å². The lowest BCUT2D eigenvalue weighted by Crippen LogP contribution is -2.16. The van der Waals surface area contributed by atoms with Gasteiger partial charge in [0.25, 0.3) is 5.56 Å². The maximum absolute atomic E-state index is 14.3. The summed E-state index contributed by atoms with van der Waals surface area (Å²) < 4.78 is 66.7. The zero-order chi connectivity index (χ0) is 23.9. The molecule has 2 heterocycles. The van der Waals surface area contributed by atoms with Crippen LogP contribution in [0.3, 0.4) is 0 Å². The van der Waals surface area contributed by atoms with Gasteiger partial charge in [0.1, 0.15) is 17.1 Å². The third-order valence-corrected chi connectivity index (χ3v) is 6.17. The number of benzene rings is 2. The standard InChI is InChI=1S/C22H19F2N3O5S/c1-4-33(29,30)26-14-6-8-18(32-19-7-5-13(23)9-17(19)24)15(10-14)16-11-27(3)22(28)21-20(16)25-12(2)31-21/h5-11,26H,4H2,1-3H3. The van der Waals surface area contributed by atoms with Crippen LogP contribution in [0.25, 0.3) is 22.2 Å². The van der Waals surface area contributed by atoms with Crippen molar-refractivity contribution in [2.75, 3.05) is 10.5 Å². The van der Waals surface area contributed by atoms with Crippen molar-refractivity contribution in [3.05, 3.63) is 70.5 Å². The smallest absolute Gasteiger partial charge is 0.295 e. The van der Waals surface area contributed by atoms with Crippen LogP contribution < -0.4 is 15.0 Å². The van der Waals surface area contributed by atoms with Crippen molar-refractivity contribution < 1.29 is 26.4 Å². The van der Waals surface area contributed by atoms with Crippen molar-refractivity contribution in [1.29, 1.82) is 0 Å². The van der Waals surface area contributed by atoms with Crippen LogP contribution in [0.15, 0.2) is 51.8 Å². The van der Waals surface area contributed by atoms with Gasteiger partial charge in [-0.2, -0.15) is 0 Å². The predicted octanol–water partition coefficient (Wildman–Crippen LogP) is 4.33. The van der Waals surface area contributed by atoms with E-state index < -0.39 is 27.2 Å². The zero-order valence-corrected chi connectivity index (χ0v) is 18.7. The summed E-state index contributed by atoms with van der Waals surface area (Å²) in [5.41, 5.74) is 0.745. The Hall–Kier alpha value is -3.73. The molecule has 4 aromatic rings. The van der Waals surface area contributed by atoms with Gasteiger partial charge in [-0.05, 0) is 37.3 Å². The minimum atomic E-state index is -3.59. The van der Waals surface area contributed by atoms with E-state index in [4.69, 9.17) is 9.15 Å². The molecule has 0 bridgehead atoms. The van der Waals surface area contributed by atoms with Crippen LogP contribution in [0.1, 0.15) is 12.8 Å². The van der Waals surface area contributed by atoms with Gasteiger partial charge in [0.05, 0.1) is 5.75 Å². The normalized spacial score (nSPS) is 11.7. The lowest BCUT2D eigenvalue weighted by Gasteiger charge is -2.15. The van der Waals surface area contributed by atoms with Gasteiger partial charge in [-0.15, -0.1) is 0 Å².